The predicted molar refractivity (Wildman–Crippen MR) is 151 cm³/mol. The van der Waals surface area contributed by atoms with E-state index in [1.807, 2.05) is 30.3 Å². The van der Waals surface area contributed by atoms with Gasteiger partial charge in [-0.15, -0.1) is 0 Å². The number of alkyl halides is 6. The molecule has 2 atom stereocenters. The molecule has 0 unspecified atom stereocenters. The average molecular weight is 626 g/mol. The molecule has 0 saturated carbocycles. The first-order chi connectivity index (χ1) is 21.3. The third kappa shape index (κ3) is 5.84. The Balaban J connectivity index is 1.36. The second-order valence-corrected chi connectivity index (χ2v) is 11.1. The number of hydrogen-bond donors (Lipinski definition) is 0. The standard InChI is InChI=1S/C33H25F6N3O3/c34-32(35,36)24-13-21(14-25(16-24)33(37,38)39)17-40-19-28-30(44)41(18-23-11-6-10-22-9-4-5-12-26(22)23)31(45)42(28)27(29(40)43)15-20-7-2-1-3-8-20/h1-14,16,27-28H,15,17-19H2/t27-,28+/m1/s1. The van der Waals surface area contributed by atoms with Crippen LogP contribution in [0.4, 0.5) is 31.1 Å². The topological polar surface area (TPSA) is 60.9 Å². The van der Waals surface area contributed by atoms with E-state index in [1.54, 1.807) is 42.5 Å². The van der Waals surface area contributed by atoms with Gasteiger partial charge in [-0.1, -0.05) is 72.8 Å². The quantitative estimate of drug-likeness (QED) is 0.178. The van der Waals surface area contributed by atoms with E-state index in [0.29, 0.717) is 23.3 Å². The molecular weight excluding hydrogens is 600 g/mol. The number of amides is 4. The van der Waals surface area contributed by atoms with E-state index in [9.17, 15) is 40.7 Å². The number of rotatable bonds is 6. The fourth-order valence-electron chi connectivity index (χ4n) is 6.05. The molecule has 0 N–H and O–H groups in total. The van der Waals surface area contributed by atoms with Crippen LogP contribution in [0.1, 0.15) is 27.8 Å². The van der Waals surface area contributed by atoms with Gasteiger partial charge in [0, 0.05) is 13.0 Å². The fourth-order valence-corrected chi connectivity index (χ4v) is 6.05. The third-order valence-corrected chi connectivity index (χ3v) is 8.17. The zero-order chi connectivity index (χ0) is 32.1. The van der Waals surface area contributed by atoms with E-state index in [4.69, 9.17) is 0 Å². The monoisotopic (exact) mass is 625 g/mol. The first kappa shape index (κ1) is 30.2. The highest BCUT2D eigenvalue weighted by Gasteiger charge is 2.54. The van der Waals surface area contributed by atoms with E-state index < -0.39 is 72.1 Å². The van der Waals surface area contributed by atoms with Gasteiger partial charge in [0.2, 0.25) is 5.91 Å². The zero-order valence-corrected chi connectivity index (χ0v) is 23.5. The van der Waals surface area contributed by atoms with Gasteiger partial charge in [0.05, 0.1) is 24.2 Å². The Kier molecular flexibility index (Phi) is 7.54. The number of hydrogen-bond acceptors (Lipinski definition) is 3. The van der Waals surface area contributed by atoms with Crippen molar-refractivity contribution in [3.63, 3.8) is 0 Å². The van der Waals surface area contributed by atoms with Crippen molar-refractivity contribution >= 4 is 28.6 Å². The number of fused-ring (bicyclic) bond motifs is 2. The van der Waals surface area contributed by atoms with E-state index in [2.05, 4.69) is 0 Å². The highest BCUT2D eigenvalue weighted by molar-refractivity contribution is 6.07. The first-order valence-corrected chi connectivity index (χ1v) is 14.0. The average Bonchev–Trinajstić information content (AvgIpc) is 3.23. The molecule has 4 amide bonds. The minimum Gasteiger partial charge on any atom is -0.334 e. The van der Waals surface area contributed by atoms with Gasteiger partial charge >= 0.3 is 18.4 Å². The number of halogens is 6. The molecule has 0 spiro atoms. The summed E-state index contributed by atoms with van der Waals surface area (Å²) in [6, 6.07) is 19.6. The number of benzene rings is 4. The second kappa shape index (κ2) is 11.2. The number of nitrogens with zero attached hydrogens (tertiary/aromatic N) is 3. The summed E-state index contributed by atoms with van der Waals surface area (Å²) in [7, 11) is 0. The Labute approximate surface area is 253 Å². The molecule has 6 nitrogen and oxygen atoms in total. The molecule has 2 aliphatic rings. The van der Waals surface area contributed by atoms with Crippen molar-refractivity contribution in [2.24, 2.45) is 0 Å². The van der Waals surface area contributed by atoms with Gasteiger partial charge in [-0.2, -0.15) is 26.3 Å². The van der Waals surface area contributed by atoms with E-state index >= 15 is 0 Å². The van der Waals surface area contributed by atoms with Gasteiger partial charge in [0.1, 0.15) is 12.1 Å². The Hall–Kier alpha value is -4.87. The normalized spacial score (nSPS) is 19.1. The van der Waals surface area contributed by atoms with Crippen LogP contribution in [0.2, 0.25) is 0 Å². The zero-order valence-electron chi connectivity index (χ0n) is 23.5. The maximum absolute atomic E-state index is 13.9. The predicted octanol–water partition coefficient (Wildman–Crippen LogP) is 6.66. The molecule has 2 fully saturated rings. The lowest BCUT2D eigenvalue weighted by molar-refractivity contribution is -0.145. The number of imide groups is 1. The summed E-state index contributed by atoms with van der Waals surface area (Å²) in [6.07, 6.45) is -10.1. The minimum atomic E-state index is -5.06. The van der Waals surface area contributed by atoms with Gasteiger partial charge in [0.25, 0.3) is 5.91 Å². The highest BCUT2D eigenvalue weighted by Crippen LogP contribution is 2.37. The molecule has 4 aromatic carbocycles. The maximum Gasteiger partial charge on any atom is 0.416 e. The molecule has 4 aromatic rings. The number of urea groups is 1. The van der Waals surface area contributed by atoms with Crippen molar-refractivity contribution < 1.29 is 40.7 Å². The van der Waals surface area contributed by atoms with Crippen LogP contribution in [-0.2, 0) is 41.5 Å². The SMILES string of the molecule is O=C1[C@@H](Cc2ccccc2)N2C(=O)N(Cc3cccc4ccccc34)C(=O)[C@@H]2CN1Cc1cc(C(F)(F)F)cc(C(F)(F)F)c1. The largest absolute Gasteiger partial charge is 0.416 e. The number of carbonyl (C=O) groups is 3. The van der Waals surface area contributed by atoms with Crippen LogP contribution in [0.15, 0.2) is 91.0 Å². The maximum atomic E-state index is 13.9. The molecule has 2 aliphatic heterocycles. The van der Waals surface area contributed by atoms with Crippen molar-refractivity contribution in [1.29, 1.82) is 0 Å². The highest BCUT2D eigenvalue weighted by atomic mass is 19.4. The lowest BCUT2D eigenvalue weighted by Crippen LogP contribution is -2.62. The molecule has 0 aliphatic carbocycles. The smallest absolute Gasteiger partial charge is 0.334 e. The molecule has 0 bridgehead atoms. The molecule has 12 heteroatoms. The molecule has 232 valence electrons. The third-order valence-electron chi connectivity index (χ3n) is 8.17. The van der Waals surface area contributed by atoms with Crippen LogP contribution in [-0.4, -0.2) is 51.2 Å². The minimum absolute atomic E-state index is 0.00973. The molecule has 6 rings (SSSR count). The molecule has 0 radical (unpaired) electrons. The Bertz CT molecular complexity index is 1750. The first-order valence-electron chi connectivity index (χ1n) is 14.0. The molecule has 0 aromatic heterocycles. The van der Waals surface area contributed by atoms with Crippen LogP contribution < -0.4 is 0 Å². The van der Waals surface area contributed by atoms with Crippen LogP contribution in [0.25, 0.3) is 10.8 Å². The van der Waals surface area contributed by atoms with E-state index in [1.165, 1.54) is 4.90 Å². The summed E-state index contributed by atoms with van der Waals surface area (Å²) in [4.78, 5) is 44.8. The number of carbonyl (C=O) groups excluding carboxylic acids is 3. The van der Waals surface area contributed by atoms with Gasteiger partial charge in [0.15, 0.2) is 0 Å². The van der Waals surface area contributed by atoms with Crippen molar-refractivity contribution in [1.82, 2.24) is 14.7 Å². The van der Waals surface area contributed by atoms with Gasteiger partial charge in [-0.3, -0.25) is 19.4 Å². The van der Waals surface area contributed by atoms with Crippen LogP contribution >= 0.6 is 0 Å². The molecular formula is C33H25F6N3O3. The van der Waals surface area contributed by atoms with Crippen LogP contribution in [0.3, 0.4) is 0 Å². The summed E-state index contributed by atoms with van der Waals surface area (Å²) in [5, 5.41) is 1.73. The summed E-state index contributed by atoms with van der Waals surface area (Å²) in [6.45, 7) is -1.09. The molecule has 2 heterocycles. The summed E-state index contributed by atoms with van der Waals surface area (Å²) in [5.41, 5.74) is -2.06. The summed E-state index contributed by atoms with van der Waals surface area (Å²) in [5.74, 6) is -1.29. The fraction of sp³-hybridized carbons (Fsp3) is 0.242. The lowest BCUT2D eigenvalue weighted by Gasteiger charge is -2.41. The van der Waals surface area contributed by atoms with E-state index in [0.717, 1.165) is 20.6 Å². The summed E-state index contributed by atoms with van der Waals surface area (Å²) >= 11 is 0. The van der Waals surface area contributed by atoms with Gasteiger partial charge in [-0.25, -0.2) is 4.79 Å². The van der Waals surface area contributed by atoms with Gasteiger partial charge < -0.3 is 4.90 Å². The molecule has 2 saturated heterocycles. The van der Waals surface area contributed by atoms with Crippen molar-refractivity contribution in [3.8, 4) is 0 Å². The van der Waals surface area contributed by atoms with Crippen LogP contribution in [0, 0.1) is 0 Å². The Morgan fingerprint density at radius 3 is 1.96 bits per heavy atom. The Morgan fingerprint density at radius 2 is 1.29 bits per heavy atom. The van der Waals surface area contributed by atoms with Crippen molar-refractivity contribution in [2.75, 3.05) is 6.54 Å². The molecule has 45 heavy (non-hydrogen) atoms. The van der Waals surface area contributed by atoms with Crippen molar-refractivity contribution in [2.45, 2.75) is 43.9 Å². The second-order valence-electron chi connectivity index (χ2n) is 11.1. The lowest BCUT2D eigenvalue weighted by atomic mass is 9.97. The number of piperazine rings is 1. The van der Waals surface area contributed by atoms with Crippen molar-refractivity contribution in [3.05, 3.63) is 119 Å². The van der Waals surface area contributed by atoms with Gasteiger partial charge in [-0.05, 0) is 45.7 Å². The van der Waals surface area contributed by atoms with E-state index in [-0.39, 0.29) is 19.0 Å². The summed E-state index contributed by atoms with van der Waals surface area (Å²) < 4.78 is 81.3. The van der Waals surface area contributed by atoms with Crippen LogP contribution in [0.5, 0.6) is 0 Å². The Morgan fingerprint density at radius 1 is 0.667 bits per heavy atom.